The van der Waals surface area contributed by atoms with Gasteiger partial charge in [0.1, 0.15) is 11.2 Å². The molecule has 0 aliphatic carbocycles. The van der Waals surface area contributed by atoms with Crippen molar-refractivity contribution < 1.29 is 27.7 Å². The smallest absolute Gasteiger partial charge is 0.136 e. The summed E-state index contributed by atoms with van der Waals surface area (Å²) >= 11 is 0. The fourth-order valence-electron chi connectivity index (χ4n) is 6.56. The van der Waals surface area contributed by atoms with E-state index in [0.717, 1.165) is 0 Å². The van der Waals surface area contributed by atoms with Gasteiger partial charge in [0.25, 0.3) is 0 Å². The van der Waals surface area contributed by atoms with Gasteiger partial charge in [0, 0.05) is 10.8 Å². The second-order valence-corrected chi connectivity index (χ2v) is 11.5. The molecule has 0 fully saturated rings. The van der Waals surface area contributed by atoms with Gasteiger partial charge in [-0.2, -0.15) is 0 Å². The van der Waals surface area contributed by atoms with Crippen LogP contribution in [0, 0.1) is 0 Å². The second kappa shape index (κ2) is 11.1. The summed E-state index contributed by atoms with van der Waals surface area (Å²) in [5.74, 6) is 0. The van der Waals surface area contributed by atoms with E-state index in [0.29, 0.717) is 38.2 Å². The van der Waals surface area contributed by atoms with E-state index in [2.05, 4.69) is 0 Å². The molecule has 0 radical (unpaired) electrons. The van der Waals surface area contributed by atoms with E-state index < -0.39 is 90.6 Å². The van der Waals surface area contributed by atoms with Crippen molar-refractivity contribution in [3.8, 4) is 44.5 Å². The Kier molecular flexibility index (Phi) is 3.54. The highest BCUT2D eigenvalue weighted by Gasteiger charge is 2.19. The van der Waals surface area contributed by atoms with E-state index in [9.17, 15) is 8.22 Å². The van der Waals surface area contributed by atoms with Gasteiger partial charge in [-0.3, -0.25) is 0 Å². The van der Waals surface area contributed by atoms with Crippen LogP contribution in [0.2, 0.25) is 0 Å². The molecule has 0 aliphatic heterocycles. The number of furan rings is 1. The van der Waals surface area contributed by atoms with Gasteiger partial charge < -0.3 is 4.42 Å². The molecule has 0 spiro atoms. The molecule has 0 N–H and O–H groups in total. The lowest BCUT2D eigenvalue weighted by atomic mass is 9.84. The predicted octanol–water partition coefficient (Wildman–Crippen LogP) is 13.7. The third-order valence-corrected chi connectivity index (χ3v) is 8.69. The first-order chi connectivity index (χ1) is 31.4. The van der Waals surface area contributed by atoms with E-state index in [1.54, 1.807) is 78.9 Å². The summed E-state index contributed by atoms with van der Waals surface area (Å²) in [6.45, 7) is 0. The van der Waals surface area contributed by atoms with Crippen molar-refractivity contribution in [3.05, 3.63) is 182 Å². The zero-order chi connectivity index (χ0) is 47.1. The minimum Gasteiger partial charge on any atom is -0.456 e. The summed E-state index contributed by atoms with van der Waals surface area (Å²) < 4.78 is 159. The third-order valence-electron chi connectivity index (χ3n) is 8.69. The topological polar surface area (TPSA) is 13.1 Å². The molecule has 1 heteroatoms. The summed E-state index contributed by atoms with van der Waals surface area (Å²) in [5, 5.41) is 0.879. The van der Waals surface area contributed by atoms with Crippen LogP contribution in [0.1, 0.15) is 23.3 Å². The monoisotopic (exact) mass is 639 g/mol. The fraction of sp³-hybridized carbons (Fsp3) is 0. The van der Waals surface area contributed by atoms with Crippen molar-refractivity contribution in [1.29, 1.82) is 0 Å². The molecule has 1 aromatic heterocycles. The largest absolute Gasteiger partial charge is 0.456 e. The van der Waals surface area contributed by atoms with Gasteiger partial charge in [-0.05, 0) is 107 Å². The molecule has 1 nitrogen and oxygen atoms in total. The maximum atomic E-state index is 9.96. The Morgan fingerprint density at radius 1 is 0.347 bits per heavy atom. The van der Waals surface area contributed by atoms with Gasteiger partial charge in [-0.1, -0.05) is 151 Å². The maximum absolute atomic E-state index is 9.96. The number of hydrogen-bond acceptors (Lipinski definition) is 1. The van der Waals surface area contributed by atoms with Crippen LogP contribution >= 0.6 is 0 Å². The van der Waals surface area contributed by atoms with Crippen molar-refractivity contribution >= 4 is 54.3 Å². The van der Waals surface area contributed by atoms with Crippen molar-refractivity contribution in [3.63, 3.8) is 0 Å². The second-order valence-electron chi connectivity index (χ2n) is 11.5. The Balaban J connectivity index is 1.34. The minimum atomic E-state index is -0.638. The molecule has 1 heterocycles. The molecule has 228 valence electrons. The van der Waals surface area contributed by atoms with Crippen LogP contribution in [-0.4, -0.2) is 0 Å². The summed E-state index contributed by atoms with van der Waals surface area (Å²) in [6, 6.07) is 13.4. The predicted molar refractivity (Wildman–Crippen MR) is 208 cm³/mol. The molecule has 0 saturated heterocycles. The van der Waals surface area contributed by atoms with E-state index in [1.165, 1.54) is 0 Å². The number of hydrogen-bond donors (Lipinski definition) is 0. The third kappa shape index (κ3) is 4.47. The highest BCUT2D eigenvalue weighted by molar-refractivity contribution is 6.22. The molecule has 0 amide bonds. The average Bonchev–Trinajstić information content (AvgIpc) is 3.74. The molecule has 10 rings (SSSR count). The lowest BCUT2D eigenvalue weighted by molar-refractivity contribution is 0.669. The number of benzene rings is 9. The summed E-state index contributed by atoms with van der Waals surface area (Å²) in [5.41, 5.74) is -0.0192. The SMILES string of the molecule is [2H]c1c([2H])c([2H])c(-c2c([2H])c([2H])c(-c3c4ccccc4c(-c4c([2H])c([2H])c5c(oc6c([2H])c7c([2H])c([2H])c([2H])c([2H])c7c([2H])c65)c4[2H])c4ccccc34)c([2H])c2-c2ccccc2)c([2H])c1[2H]. The normalized spacial score (nSPS) is 16.5. The molecule has 0 atom stereocenters. The molecular weight excluding hydrogens is 593 g/mol. The maximum Gasteiger partial charge on any atom is 0.136 e. The van der Waals surface area contributed by atoms with E-state index in [-0.39, 0.29) is 72.6 Å². The fourth-order valence-corrected chi connectivity index (χ4v) is 6.56. The van der Waals surface area contributed by atoms with Crippen LogP contribution < -0.4 is 0 Å². The van der Waals surface area contributed by atoms with Gasteiger partial charge in [-0.15, -0.1) is 0 Å². The Morgan fingerprint density at radius 2 is 0.898 bits per heavy atom. The zero-order valence-corrected chi connectivity index (χ0v) is 25.4. The minimum absolute atomic E-state index is 0.00718. The Hall–Kier alpha value is -6.44. The van der Waals surface area contributed by atoms with Crippen molar-refractivity contribution in [2.24, 2.45) is 0 Å². The first kappa shape index (κ1) is 15.6. The van der Waals surface area contributed by atoms with Crippen LogP contribution in [0.15, 0.2) is 186 Å². The van der Waals surface area contributed by atoms with Crippen molar-refractivity contribution in [1.82, 2.24) is 0 Å². The highest BCUT2D eigenvalue weighted by Crippen LogP contribution is 2.46. The van der Waals surface area contributed by atoms with Gasteiger partial charge >= 0.3 is 0 Å². The first-order valence-electron chi connectivity index (χ1n) is 24.0. The van der Waals surface area contributed by atoms with Crippen LogP contribution in [0.4, 0.5) is 0 Å². The van der Waals surface area contributed by atoms with E-state index >= 15 is 0 Å². The van der Waals surface area contributed by atoms with Gasteiger partial charge in [0.05, 0.1) is 23.3 Å². The first-order valence-corrected chi connectivity index (χ1v) is 15.5. The van der Waals surface area contributed by atoms with Crippen LogP contribution in [-0.2, 0) is 0 Å². The van der Waals surface area contributed by atoms with Gasteiger partial charge in [0.15, 0.2) is 0 Å². The Labute approximate surface area is 308 Å². The van der Waals surface area contributed by atoms with Crippen LogP contribution in [0.3, 0.4) is 0 Å². The molecule has 9 aromatic carbocycles. The van der Waals surface area contributed by atoms with Crippen LogP contribution in [0.25, 0.3) is 98.8 Å². The van der Waals surface area contributed by atoms with Gasteiger partial charge in [-0.25, -0.2) is 0 Å². The number of fused-ring (bicyclic) bond motifs is 6. The summed E-state index contributed by atoms with van der Waals surface area (Å²) in [4.78, 5) is 0. The summed E-state index contributed by atoms with van der Waals surface area (Å²) in [7, 11) is 0. The average molecular weight is 640 g/mol. The van der Waals surface area contributed by atoms with Crippen molar-refractivity contribution in [2.45, 2.75) is 0 Å². The highest BCUT2D eigenvalue weighted by atomic mass is 16.3. The molecular formula is C48H30O. The molecule has 49 heavy (non-hydrogen) atoms. The molecule has 0 unspecified atom stereocenters. The lowest BCUT2D eigenvalue weighted by Gasteiger charge is -2.19. The Bertz CT molecular complexity index is 3760. The quantitative estimate of drug-likeness (QED) is 0.175. The molecule has 0 aliphatic rings. The van der Waals surface area contributed by atoms with Gasteiger partial charge in [0.2, 0.25) is 0 Å². The van der Waals surface area contributed by atoms with E-state index in [1.807, 2.05) is 0 Å². The zero-order valence-electron chi connectivity index (χ0n) is 42.4. The molecule has 0 saturated carbocycles. The number of rotatable bonds is 4. The van der Waals surface area contributed by atoms with Crippen molar-refractivity contribution in [2.75, 3.05) is 0 Å². The van der Waals surface area contributed by atoms with E-state index in [4.69, 9.17) is 19.5 Å². The van der Waals surface area contributed by atoms with Crippen LogP contribution in [0.5, 0.6) is 0 Å². The summed E-state index contributed by atoms with van der Waals surface area (Å²) in [6.07, 6.45) is 0. The molecule has 10 aromatic rings. The lowest BCUT2D eigenvalue weighted by Crippen LogP contribution is -1.92. The standard InChI is InChI=1S/C48H30O/c1-3-13-31(14-4-1)37-25-23-35(28-43(37)32-15-5-2-6-16-32)47-39-19-9-11-21-41(39)48(42-22-12-10-20-40(42)47)36-24-26-38-44-27-33-17-7-8-18-34(33)29-46(44)49-45(38)30-36/h1-30H/i1D,3D,4D,7D,8D,13D,14D,17D,18D,23D,24D,25D,26D,27D,28D,29D,30D. The Morgan fingerprint density at radius 3 is 1.57 bits per heavy atom. The molecule has 0 bridgehead atoms.